The molecule has 0 aromatic carbocycles. The molecule has 72 valence electrons. The molecule has 1 aliphatic rings. The standard InChI is InChI=1S/C11H23N/c1-5-10(11(2,3)4)9-12-7-6-8-12/h10H,5-9H2,1-4H3/t10-/m0/s1. The van der Waals surface area contributed by atoms with Gasteiger partial charge in [-0.2, -0.15) is 0 Å². The van der Waals surface area contributed by atoms with Gasteiger partial charge >= 0.3 is 0 Å². The van der Waals surface area contributed by atoms with Gasteiger partial charge in [0.1, 0.15) is 0 Å². The summed E-state index contributed by atoms with van der Waals surface area (Å²) in [6.45, 7) is 13.4. The second kappa shape index (κ2) is 3.78. The maximum atomic E-state index is 2.58. The van der Waals surface area contributed by atoms with Gasteiger partial charge in [-0.05, 0) is 30.8 Å². The molecule has 1 aliphatic heterocycles. The Bertz CT molecular complexity index is 130. The highest BCUT2D eigenvalue weighted by molar-refractivity contribution is 4.79. The predicted molar refractivity (Wildman–Crippen MR) is 54.3 cm³/mol. The molecule has 1 heterocycles. The molecule has 0 bridgehead atoms. The van der Waals surface area contributed by atoms with Crippen molar-refractivity contribution in [2.75, 3.05) is 19.6 Å². The van der Waals surface area contributed by atoms with Crippen LogP contribution >= 0.6 is 0 Å². The minimum Gasteiger partial charge on any atom is -0.303 e. The van der Waals surface area contributed by atoms with Crippen LogP contribution in [0.5, 0.6) is 0 Å². The molecular formula is C11H23N. The molecule has 1 rings (SSSR count). The van der Waals surface area contributed by atoms with Crippen molar-refractivity contribution in [1.29, 1.82) is 0 Å². The highest BCUT2D eigenvalue weighted by Gasteiger charge is 2.26. The smallest absolute Gasteiger partial charge is 0.00146 e. The van der Waals surface area contributed by atoms with Crippen LogP contribution in [0.25, 0.3) is 0 Å². The Labute approximate surface area is 77.1 Å². The maximum Gasteiger partial charge on any atom is 0.00146 e. The molecular weight excluding hydrogens is 146 g/mol. The minimum absolute atomic E-state index is 0.490. The van der Waals surface area contributed by atoms with Crippen LogP contribution in [0.2, 0.25) is 0 Å². The largest absolute Gasteiger partial charge is 0.303 e. The normalized spacial score (nSPS) is 22.0. The summed E-state index contributed by atoms with van der Waals surface area (Å²) in [6, 6.07) is 0. The molecule has 0 amide bonds. The van der Waals surface area contributed by atoms with Gasteiger partial charge in [-0.1, -0.05) is 34.1 Å². The highest BCUT2D eigenvalue weighted by atomic mass is 15.2. The van der Waals surface area contributed by atoms with Gasteiger partial charge in [-0.15, -0.1) is 0 Å². The first-order valence-electron chi connectivity index (χ1n) is 5.26. The molecule has 1 atom stereocenters. The SMILES string of the molecule is CC[C@@H](CN1CCC1)C(C)(C)C. The summed E-state index contributed by atoms with van der Waals surface area (Å²) in [6.07, 6.45) is 2.74. The minimum atomic E-state index is 0.490. The fraction of sp³-hybridized carbons (Fsp3) is 1.00. The van der Waals surface area contributed by atoms with E-state index in [2.05, 4.69) is 32.6 Å². The van der Waals surface area contributed by atoms with Crippen molar-refractivity contribution in [3.63, 3.8) is 0 Å². The van der Waals surface area contributed by atoms with E-state index in [4.69, 9.17) is 0 Å². The van der Waals surface area contributed by atoms with Crippen molar-refractivity contribution in [1.82, 2.24) is 4.90 Å². The number of hydrogen-bond acceptors (Lipinski definition) is 1. The van der Waals surface area contributed by atoms with Gasteiger partial charge < -0.3 is 4.90 Å². The number of likely N-dealkylation sites (tertiary alicyclic amines) is 1. The maximum absolute atomic E-state index is 2.58. The van der Waals surface area contributed by atoms with Crippen LogP contribution in [0.3, 0.4) is 0 Å². The van der Waals surface area contributed by atoms with Crippen LogP contribution in [0.15, 0.2) is 0 Å². The lowest BCUT2D eigenvalue weighted by molar-refractivity contribution is 0.100. The van der Waals surface area contributed by atoms with Gasteiger partial charge in [0.2, 0.25) is 0 Å². The Morgan fingerprint density at radius 3 is 2.08 bits per heavy atom. The van der Waals surface area contributed by atoms with Gasteiger partial charge in [0, 0.05) is 6.54 Å². The molecule has 0 N–H and O–H groups in total. The average Bonchev–Trinajstić information content (AvgIpc) is 1.82. The van der Waals surface area contributed by atoms with Crippen molar-refractivity contribution in [2.45, 2.75) is 40.5 Å². The number of hydrogen-bond donors (Lipinski definition) is 0. The zero-order valence-electron chi connectivity index (χ0n) is 9.06. The van der Waals surface area contributed by atoms with Crippen molar-refractivity contribution >= 4 is 0 Å². The second-order valence-corrected chi connectivity index (χ2v) is 5.13. The lowest BCUT2D eigenvalue weighted by Gasteiger charge is -2.39. The van der Waals surface area contributed by atoms with E-state index in [1.807, 2.05) is 0 Å². The van der Waals surface area contributed by atoms with E-state index in [9.17, 15) is 0 Å². The quantitative estimate of drug-likeness (QED) is 0.628. The fourth-order valence-electron chi connectivity index (χ4n) is 1.89. The molecule has 12 heavy (non-hydrogen) atoms. The summed E-state index contributed by atoms with van der Waals surface area (Å²) >= 11 is 0. The van der Waals surface area contributed by atoms with Crippen molar-refractivity contribution in [2.24, 2.45) is 11.3 Å². The first kappa shape index (κ1) is 10.0. The van der Waals surface area contributed by atoms with Gasteiger partial charge in [-0.25, -0.2) is 0 Å². The van der Waals surface area contributed by atoms with E-state index in [1.165, 1.54) is 32.5 Å². The third-order valence-corrected chi connectivity index (χ3v) is 3.14. The Hall–Kier alpha value is -0.0400. The zero-order valence-corrected chi connectivity index (χ0v) is 9.06. The third-order valence-electron chi connectivity index (χ3n) is 3.14. The fourth-order valence-corrected chi connectivity index (χ4v) is 1.89. The summed E-state index contributed by atoms with van der Waals surface area (Å²) in [5.41, 5.74) is 0.490. The summed E-state index contributed by atoms with van der Waals surface area (Å²) in [5.74, 6) is 0.873. The van der Waals surface area contributed by atoms with Crippen LogP contribution in [-0.4, -0.2) is 24.5 Å². The molecule has 0 aromatic heterocycles. The zero-order chi connectivity index (χ0) is 9.19. The average molecular weight is 169 g/mol. The molecule has 1 heteroatoms. The van der Waals surface area contributed by atoms with E-state index in [1.54, 1.807) is 0 Å². The number of nitrogens with zero attached hydrogens (tertiary/aromatic N) is 1. The number of rotatable bonds is 3. The molecule has 1 saturated heterocycles. The van der Waals surface area contributed by atoms with E-state index < -0.39 is 0 Å². The second-order valence-electron chi connectivity index (χ2n) is 5.13. The Balaban J connectivity index is 2.34. The van der Waals surface area contributed by atoms with Crippen LogP contribution in [0.1, 0.15) is 40.5 Å². The monoisotopic (exact) mass is 169 g/mol. The molecule has 0 aliphatic carbocycles. The molecule has 0 aromatic rings. The lowest BCUT2D eigenvalue weighted by atomic mass is 9.78. The Morgan fingerprint density at radius 1 is 1.25 bits per heavy atom. The Kier molecular flexibility index (Phi) is 3.16. The van der Waals surface area contributed by atoms with Crippen molar-refractivity contribution in [3.05, 3.63) is 0 Å². The molecule has 0 saturated carbocycles. The third kappa shape index (κ3) is 2.48. The van der Waals surface area contributed by atoms with Crippen molar-refractivity contribution in [3.8, 4) is 0 Å². The predicted octanol–water partition coefficient (Wildman–Crippen LogP) is 2.76. The summed E-state index contributed by atoms with van der Waals surface area (Å²) in [7, 11) is 0. The molecule has 1 fully saturated rings. The summed E-state index contributed by atoms with van der Waals surface area (Å²) in [5, 5.41) is 0. The molecule has 0 spiro atoms. The van der Waals surface area contributed by atoms with Crippen LogP contribution < -0.4 is 0 Å². The van der Waals surface area contributed by atoms with Crippen LogP contribution in [0.4, 0.5) is 0 Å². The van der Waals surface area contributed by atoms with Gasteiger partial charge in [0.25, 0.3) is 0 Å². The first-order valence-corrected chi connectivity index (χ1v) is 5.26. The lowest BCUT2D eigenvalue weighted by Crippen LogP contribution is -2.43. The molecule has 0 radical (unpaired) electrons. The van der Waals surface area contributed by atoms with Gasteiger partial charge in [0.05, 0.1) is 0 Å². The van der Waals surface area contributed by atoms with E-state index in [0.717, 1.165) is 5.92 Å². The topological polar surface area (TPSA) is 3.24 Å². The first-order chi connectivity index (χ1) is 5.54. The molecule has 0 unspecified atom stereocenters. The van der Waals surface area contributed by atoms with E-state index in [-0.39, 0.29) is 0 Å². The van der Waals surface area contributed by atoms with Crippen LogP contribution in [0, 0.1) is 11.3 Å². The summed E-state index contributed by atoms with van der Waals surface area (Å²) in [4.78, 5) is 2.58. The van der Waals surface area contributed by atoms with E-state index in [0.29, 0.717) is 5.41 Å². The highest BCUT2D eigenvalue weighted by Crippen LogP contribution is 2.30. The van der Waals surface area contributed by atoms with E-state index >= 15 is 0 Å². The van der Waals surface area contributed by atoms with Gasteiger partial charge in [-0.3, -0.25) is 0 Å². The summed E-state index contributed by atoms with van der Waals surface area (Å²) < 4.78 is 0. The molecule has 1 nitrogen and oxygen atoms in total. The van der Waals surface area contributed by atoms with Gasteiger partial charge in [0.15, 0.2) is 0 Å². The van der Waals surface area contributed by atoms with Crippen LogP contribution in [-0.2, 0) is 0 Å². The Morgan fingerprint density at radius 2 is 1.83 bits per heavy atom. The van der Waals surface area contributed by atoms with Crippen molar-refractivity contribution < 1.29 is 0 Å².